The van der Waals surface area contributed by atoms with Crippen LogP contribution in [0.4, 0.5) is 0 Å². The van der Waals surface area contributed by atoms with Crippen LogP contribution in [0.1, 0.15) is 60.5 Å². The predicted octanol–water partition coefficient (Wildman–Crippen LogP) is 8.76. The highest BCUT2D eigenvalue weighted by Gasteiger charge is 2.28. The number of hydrogen-bond acceptors (Lipinski definition) is 0. The van der Waals surface area contributed by atoms with Gasteiger partial charge < -0.3 is 9.13 Å². The standard InChI is InChI=1S/C37H42N3/c1-8-38-33(19-16-32-17-20-35(21-18-32)39-28(3)12-13-29(39)4)10-9-11-34(38)22-24-37(7)25-23-36(26-27(37)2)40-30(5)14-15-31(40)6/h9-27H,8H2,1-7H3/q+1/b24-22+. The molecule has 4 aromatic rings. The van der Waals surface area contributed by atoms with Crippen molar-refractivity contribution in [2.24, 2.45) is 11.3 Å². The summed E-state index contributed by atoms with van der Waals surface area (Å²) in [6.45, 7) is 16.4. The number of aryl methyl sites for hydroxylation is 4. The summed E-state index contributed by atoms with van der Waals surface area (Å²) in [6, 6.07) is 24.1. The number of nitrogens with zero attached hydrogens (tertiary/aromatic N) is 3. The van der Waals surface area contributed by atoms with Gasteiger partial charge in [-0.1, -0.05) is 44.2 Å². The number of benzene rings is 1. The minimum Gasteiger partial charge on any atom is -0.319 e. The molecule has 3 aromatic heterocycles. The molecule has 5 rings (SSSR count). The van der Waals surface area contributed by atoms with E-state index in [-0.39, 0.29) is 5.41 Å². The average molecular weight is 529 g/mol. The number of allylic oxidation sites excluding steroid dienone is 5. The van der Waals surface area contributed by atoms with Gasteiger partial charge in [-0.2, -0.15) is 4.57 Å². The second kappa shape index (κ2) is 11.2. The molecule has 3 heteroatoms. The average Bonchev–Trinajstić information content (AvgIpc) is 3.47. The summed E-state index contributed by atoms with van der Waals surface area (Å²) >= 11 is 0. The van der Waals surface area contributed by atoms with E-state index >= 15 is 0 Å². The zero-order valence-electron chi connectivity index (χ0n) is 25.0. The summed E-state index contributed by atoms with van der Waals surface area (Å²) in [5, 5.41) is 0. The van der Waals surface area contributed by atoms with E-state index in [2.05, 4.69) is 171 Å². The van der Waals surface area contributed by atoms with E-state index in [4.69, 9.17) is 0 Å². The molecule has 1 aromatic carbocycles. The topological polar surface area (TPSA) is 13.7 Å². The van der Waals surface area contributed by atoms with Crippen LogP contribution >= 0.6 is 0 Å². The predicted molar refractivity (Wildman–Crippen MR) is 170 cm³/mol. The fourth-order valence-corrected chi connectivity index (χ4v) is 5.83. The Balaban J connectivity index is 1.35. The van der Waals surface area contributed by atoms with E-state index in [0.29, 0.717) is 5.92 Å². The molecule has 1 aliphatic rings. The van der Waals surface area contributed by atoms with Gasteiger partial charge in [0, 0.05) is 63.9 Å². The molecule has 0 bridgehead atoms. The molecular formula is C37H42N3+. The minimum absolute atomic E-state index is 0.0476. The Kier molecular flexibility index (Phi) is 7.67. The van der Waals surface area contributed by atoms with Crippen LogP contribution in [0.5, 0.6) is 0 Å². The molecule has 0 saturated carbocycles. The van der Waals surface area contributed by atoms with Gasteiger partial charge in [-0.25, -0.2) is 0 Å². The molecule has 0 saturated heterocycles. The summed E-state index contributed by atoms with van der Waals surface area (Å²) in [5.41, 5.74) is 11.1. The monoisotopic (exact) mass is 528 g/mol. The first-order valence-electron chi connectivity index (χ1n) is 14.4. The summed E-state index contributed by atoms with van der Waals surface area (Å²) in [6.07, 6.45) is 16.1. The summed E-state index contributed by atoms with van der Waals surface area (Å²) in [5.74, 6) is 0.380. The van der Waals surface area contributed by atoms with Gasteiger partial charge in [0.1, 0.15) is 6.54 Å². The second-order valence-electron chi connectivity index (χ2n) is 11.4. The zero-order chi connectivity index (χ0) is 28.4. The van der Waals surface area contributed by atoms with Crippen LogP contribution in [0.3, 0.4) is 0 Å². The molecule has 0 spiro atoms. The minimum atomic E-state index is -0.0476. The molecule has 3 heterocycles. The largest absolute Gasteiger partial charge is 0.319 e. The van der Waals surface area contributed by atoms with Crippen LogP contribution in [-0.4, -0.2) is 9.13 Å². The van der Waals surface area contributed by atoms with Crippen molar-refractivity contribution in [2.45, 2.75) is 55.0 Å². The zero-order valence-corrected chi connectivity index (χ0v) is 25.0. The smallest absolute Gasteiger partial charge is 0.205 e. The molecule has 0 fully saturated rings. The quantitative estimate of drug-likeness (QED) is 0.213. The lowest BCUT2D eigenvalue weighted by molar-refractivity contribution is -0.696. The van der Waals surface area contributed by atoms with Gasteiger partial charge in [-0.15, -0.1) is 0 Å². The fraction of sp³-hybridized carbons (Fsp3) is 0.270. The molecule has 3 nitrogen and oxygen atoms in total. The first kappa shape index (κ1) is 27.5. The van der Waals surface area contributed by atoms with Crippen LogP contribution in [0.25, 0.3) is 29.6 Å². The molecular weight excluding hydrogens is 486 g/mol. The van der Waals surface area contributed by atoms with Crippen LogP contribution in [0, 0.1) is 39.0 Å². The third kappa shape index (κ3) is 5.34. The lowest BCUT2D eigenvalue weighted by Gasteiger charge is -2.32. The first-order valence-corrected chi connectivity index (χ1v) is 14.4. The Hall–Kier alpha value is -4.11. The fourth-order valence-electron chi connectivity index (χ4n) is 5.83. The maximum absolute atomic E-state index is 2.40. The third-order valence-electron chi connectivity index (χ3n) is 8.50. The lowest BCUT2D eigenvalue weighted by atomic mass is 9.74. The molecule has 1 aliphatic carbocycles. The number of hydrogen-bond donors (Lipinski definition) is 0. The van der Waals surface area contributed by atoms with Crippen molar-refractivity contribution in [1.82, 2.24) is 9.13 Å². The van der Waals surface area contributed by atoms with E-state index in [1.54, 1.807) is 0 Å². The second-order valence-corrected chi connectivity index (χ2v) is 11.4. The molecule has 0 aliphatic heterocycles. The Morgan fingerprint density at radius 1 is 0.750 bits per heavy atom. The molecule has 0 amide bonds. The highest BCUT2D eigenvalue weighted by molar-refractivity contribution is 5.68. The highest BCUT2D eigenvalue weighted by atomic mass is 15.0. The van der Waals surface area contributed by atoms with E-state index in [0.717, 1.165) is 6.54 Å². The molecule has 2 atom stereocenters. The van der Waals surface area contributed by atoms with E-state index in [9.17, 15) is 0 Å². The lowest BCUT2D eigenvalue weighted by Crippen LogP contribution is -2.39. The third-order valence-corrected chi connectivity index (χ3v) is 8.50. The van der Waals surface area contributed by atoms with Crippen LogP contribution in [0.15, 0.2) is 91.0 Å². The number of rotatable bonds is 7. The highest BCUT2D eigenvalue weighted by Crippen LogP contribution is 2.38. The Morgan fingerprint density at radius 2 is 1.32 bits per heavy atom. The van der Waals surface area contributed by atoms with Crippen LogP contribution in [-0.2, 0) is 6.54 Å². The van der Waals surface area contributed by atoms with Gasteiger partial charge in [0.15, 0.2) is 0 Å². The van der Waals surface area contributed by atoms with Gasteiger partial charge >= 0.3 is 0 Å². The van der Waals surface area contributed by atoms with Crippen molar-refractivity contribution in [2.75, 3.05) is 0 Å². The van der Waals surface area contributed by atoms with E-state index in [1.807, 2.05) is 0 Å². The maximum Gasteiger partial charge on any atom is 0.205 e. The Morgan fingerprint density at radius 3 is 1.90 bits per heavy atom. The SMILES string of the molecule is CC[n+]1c(/C=C/c2ccc(-n3c(C)ccc3C)cc2)cccc1/C=C/C1(C)C=CC(n2c(C)ccc2C)=CC1C. The van der Waals surface area contributed by atoms with Gasteiger partial charge in [-0.05, 0) is 101 Å². The normalized spacial score (nSPS) is 19.2. The van der Waals surface area contributed by atoms with Gasteiger partial charge in [0.2, 0.25) is 11.4 Å². The van der Waals surface area contributed by atoms with Crippen molar-refractivity contribution in [3.63, 3.8) is 0 Å². The Labute approximate surface area is 240 Å². The van der Waals surface area contributed by atoms with Gasteiger partial charge in [-0.3, -0.25) is 0 Å². The van der Waals surface area contributed by atoms with Gasteiger partial charge in [0.25, 0.3) is 0 Å². The van der Waals surface area contributed by atoms with Crippen molar-refractivity contribution in [1.29, 1.82) is 0 Å². The molecule has 204 valence electrons. The number of pyridine rings is 1. The Bertz CT molecular complexity index is 1600. The van der Waals surface area contributed by atoms with Crippen LogP contribution in [0.2, 0.25) is 0 Å². The molecule has 40 heavy (non-hydrogen) atoms. The maximum atomic E-state index is 2.40. The van der Waals surface area contributed by atoms with Crippen molar-refractivity contribution in [3.8, 4) is 5.69 Å². The van der Waals surface area contributed by atoms with Crippen molar-refractivity contribution in [3.05, 3.63) is 131 Å². The molecule has 2 unspecified atom stereocenters. The van der Waals surface area contributed by atoms with E-state index in [1.165, 1.54) is 51.1 Å². The summed E-state index contributed by atoms with van der Waals surface area (Å²) in [4.78, 5) is 0. The first-order chi connectivity index (χ1) is 19.2. The number of aromatic nitrogens is 3. The van der Waals surface area contributed by atoms with Crippen molar-refractivity contribution >= 4 is 23.9 Å². The summed E-state index contributed by atoms with van der Waals surface area (Å²) in [7, 11) is 0. The van der Waals surface area contributed by atoms with Crippen LogP contribution < -0.4 is 4.57 Å². The van der Waals surface area contributed by atoms with Gasteiger partial charge in [0.05, 0.1) is 0 Å². The summed E-state index contributed by atoms with van der Waals surface area (Å²) < 4.78 is 7.01. The molecule has 0 N–H and O–H groups in total. The van der Waals surface area contributed by atoms with E-state index < -0.39 is 0 Å². The molecule has 0 radical (unpaired) electrons. The van der Waals surface area contributed by atoms with Crippen molar-refractivity contribution < 1.29 is 4.57 Å².